The monoisotopic (exact) mass is 425 g/mol. The number of rotatable bonds is 7. The van der Waals surface area contributed by atoms with Crippen LogP contribution in [0.2, 0.25) is 0 Å². The first-order valence-corrected chi connectivity index (χ1v) is 10.9. The third kappa shape index (κ3) is 6.66. The highest BCUT2D eigenvalue weighted by molar-refractivity contribution is 7.14. The topological polar surface area (TPSA) is 54.0 Å². The van der Waals surface area contributed by atoms with E-state index >= 15 is 0 Å². The Bertz CT molecular complexity index is 992. The Morgan fingerprint density at radius 1 is 1.13 bits per heavy atom. The van der Waals surface area contributed by atoms with E-state index in [0.29, 0.717) is 12.3 Å². The second kappa shape index (κ2) is 9.39. The predicted molar refractivity (Wildman–Crippen MR) is 124 cm³/mol. The van der Waals surface area contributed by atoms with Crippen molar-refractivity contribution in [2.75, 3.05) is 10.6 Å². The maximum Gasteiger partial charge on any atom is 0.224 e. The zero-order valence-electron chi connectivity index (χ0n) is 17.8. The van der Waals surface area contributed by atoms with Crippen LogP contribution in [0.15, 0.2) is 53.9 Å². The number of thiazole rings is 1. The van der Waals surface area contributed by atoms with Gasteiger partial charge in [0.25, 0.3) is 0 Å². The van der Waals surface area contributed by atoms with Gasteiger partial charge >= 0.3 is 0 Å². The molecule has 0 aliphatic heterocycles. The van der Waals surface area contributed by atoms with Gasteiger partial charge in [0.1, 0.15) is 5.82 Å². The van der Waals surface area contributed by atoms with Crippen LogP contribution in [-0.4, -0.2) is 10.9 Å². The van der Waals surface area contributed by atoms with Crippen molar-refractivity contribution in [1.82, 2.24) is 4.98 Å². The molecule has 0 aliphatic carbocycles. The Labute approximate surface area is 181 Å². The maximum atomic E-state index is 13.1. The number of hydrogen-bond acceptors (Lipinski definition) is 4. The summed E-state index contributed by atoms with van der Waals surface area (Å²) < 4.78 is 13.1. The smallest absolute Gasteiger partial charge is 0.224 e. The van der Waals surface area contributed by atoms with E-state index in [-0.39, 0.29) is 17.1 Å². The summed E-state index contributed by atoms with van der Waals surface area (Å²) in [5.74, 6) is 0.0831. The summed E-state index contributed by atoms with van der Waals surface area (Å²) in [6, 6.07) is 13.9. The van der Waals surface area contributed by atoms with Crippen molar-refractivity contribution >= 4 is 33.8 Å². The molecule has 30 heavy (non-hydrogen) atoms. The molecule has 1 amide bonds. The van der Waals surface area contributed by atoms with Gasteiger partial charge in [-0.3, -0.25) is 4.79 Å². The number of anilines is 3. The van der Waals surface area contributed by atoms with Crippen LogP contribution < -0.4 is 10.6 Å². The SMILES string of the molecule is C[C@H](CC(=O)Nc1cccc(-c2csc(Nc3ccc(F)cc3)n2)c1)CC(C)(C)C. The van der Waals surface area contributed by atoms with Crippen molar-refractivity contribution in [3.05, 3.63) is 59.7 Å². The quantitative estimate of drug-likeness (QED) is 0.425. The van der Waals surface area contributed by atoms with Gasteiger partial charge in [0, 0.05) is 28.7 Å². The number of hydrogen-bond donors (Lipinski definition) is 2. The molecule has 0 saturated heterocycles. The fraction of sp³-hybridized carbons (Fsp3) is 0.333. The molecule has 1 aromatic heterocycles. The van der Waals surface area contributed by atoms with Gasteiger partial charge in [0.05, 0.1) is 5.69 Å². The minimum absolute atomic E-state index is 0.0286. The van der Waals surface area contributed by atoms with Crippen molar-refractivity contribution in [3.8, 4) is 11.3 Å². The molecule has 3 rings (SSSR count). The van der Waals surface area contributed by atoms with E-state index in [1.165, 1.54) is 23.5 Å². The molecule has 0 radical (unpaired) electrons. The molecule has 0 aliphatic rings. The lowest BCUT2D eigenvalue weighted by molar-refractivity contribution is -0.117. The number of carbonyl (C=O) groups is 1. The second-order valence-corrected chi connectivity index (χ2v) is 9.73. The van der Waals surface area contributed by atoms with Crippen LogP contribution in [0.3, 0.4) is 0 Å². The maximum absolute atomic E-state index is 13.1. The number of aromatic nitrogens is 1. The fourth-order valence-corrected chi connectivity index (χ4v) is 4.26. The van der Waals surface area contributed by atoms with Crippen LogP contribution in [0, 0.1) is 17.2 Å². The Balaban J connectivity index is 1.63. The molecule has 2 aromatic carbocycles. The zero-order valence-corrected chi connectivity index (χ0v) is 18.6. The number of nitrogens with zero attached hydrogens (tertiary/aromatic N) is 1. The van der Waals surface area contributed by atoms with E-state index in [0.717, 1.165) is 34.2 Å². The molecule has 6 heteroatoms. The highest BCUT2D eigenvalue weighted by atomic mass is 32.1. The van der Waals surface area contributed by atoms with Crippen molar-refractivity contribution in [3.63, 3.8) is 0 Å². The lowest BCUT2D eigenvalue weighted by Gasteiger charge is -2.22. The highest BCUT2D eigenvalue weighted by Gasteiger charge is 2.18. The van der Waals surface area contributed by atoms with Gasteiger partial charge in [-0.2, -0.15) is 0 Å². The Morgan fingerprint density at radius 3 is 2.57 bits per heavy atom. The lowest BCUT2D eigenvalue weighted by atomic mass is 9.84. The number of halogens is 1. The molecule has 1 atom stereocenters. The van der Waals surface area contributed by atoms with E-state index in [2.05, 4.69) is 43.3 Å². The van der Waals surface area contributed by atoms with Crippen LogP contribution in [-0.2, 0) is 4.79 Å². The Kier molecular flexibility index (Phi) is 6.87. The molecule has 158 valence electrons. The highest BCUT2D eigenvalue weighted by Crippen LogP contribution is 2.29. The van der Waals surface area contributed by atoms with E-state index in [1.54, 1.807) is 12.1 Å². The molecule has 0 fully saturated rings. The van der Waals surface area contributed by atoms with Gasteiger partial charge in [-0.1, -0.05) is 39.8 Å². The zero-order chi connectivity index (χ0) is 21.7. The first-order chi connectivity index (χ1) is 14.2. The summed E-state index contributed by atoms with van der Waals surface area (Å²) in [5.41, 5.74) is 3.51. The summed E-state index contributed by atoms with van der Waals surface area (Å²) in [7, 11) is 0. The third-order valence-electron chi connectivity index (χ3n) is 4.54. The summed E-state index contributed by atoms with van der Waals surface area (Å²) in [4.78, 5) is 17.0. The molecule has 0 unspecified atom stereocenters. The van der Waals surface area contributed by atoms with Gasteiger partial charge in [-0.25, -0.2) is 9.37 Å². The van der Waals surface area contributed by atoms with E-state index in [4.69, 9.17) is 0 Å². The normalized spacial score (nSPS) is 12.4. The summed E-state index contributed by atoms with van der Waals surface area (Å²) in [5, 5.41) is 8.87. The van der Waals surface area contributed by atoms with Crippen LogP contribution in [0.25, 0.3) is 11.3 Å². The van der Waals surface area contributed by atoms with Crippen molar-refractivity contribution in [1.29, 1.82) is 0 Å². The molecule has 0 saturated carbocycles. The van der Waals surface area contributed by atoms with E-state index in [1.807, 2.05) is 29.6 Å². The van der Waals surface area contributed by atoms with Crippen LogP contribution in [0.4, 0.5) is 20.9 Å². The molecule has 0 bridgehead atoms. The average molecular weight is 426 g/mol. The molecular weight excluding hydrogens is 397 g/mol. The number of carbonyl (C=O) groups excluding carboxylic acids is 1. The predicted octanol–water partition coefficient (Wildman–Crippen LogP) is 7.09. The molecule has 3 aromatic rings. The molecule has 2 N–H and O–H groups in total. The number of nitrogens with one attached hydrogen (secondary N) is 2. The van der Waals surface area contributed by atoms with Gasteiger partial charge in [-0.05, 0) is 54.2 Å². The minimum atomic E-state index is -0.271. The Hall–Kier alpha value is -2.73. The van der Waals surface area contributed by atoms with Crippen molar-refractivity contribution in [2.24, 2.45) is 11.3 Å². The number of benzene rings is 2. The van der Waals surface area contributed by atoms with E-state index < -0.39 is 0 Å². The lowest BCUT2D eigenvalue weighted by Crippen LogP contribution is -2.18. The Morgan fingerprint density at radius 2 is 1.87 bits per heavy atom. The first-order valence-electron chi connectivity index (χ1n) is 10.1. The molecular formula is C24H28FN3OS. The van der Waals surface area contributed by atoms with Gasteiger partial charge in [-0.15, -0.1) is 11.3 Å². The fourth-order valence-electron chi connectivity index (χ4n) is 3.52. The first kappa shape index (κ1) is 22.0. The van der Waals surface area contributed by atoms with Crippen LogP contribution in [0.1, 0.15) is 40.5 Å². The second-order valence-electron chi connectivity index (χ2n) is 8.87. The summed E-state index contributed by atoms with van der Waals surface area (Å²) in [6.07, 6.45) is 1.51. The molecule has 0 spiro atoms. The van der Waals surface area contributed by atoms with Crippen LogP contribution >= 0.6 is 11.3 Å². The minimum Gasteiger partial charge on any atom is -0.332 e. The van der Waals surface area contributed by atoms with E-state index in [9.17, 15) is 9.18 Å². The van der Waals surface area contributed by atoms with Crippen LogP contribution in [0.5, 0.6) is 0 Å². The average Bonchev–Trinajstić information content (AvgIpc) is 3.10. The molecule has 1 heterocycles. The van der Waals surface area contributed by atoms with Crippen molar-refractivity contribution < 1.29 is 9.18 Å². The summed E-state index contributed by atoms with van der Waals surface area (Å²) >= 11 is 1.47. The largest absolute Gasteiger partial charge is 0.332 e. The van der Waals surface area contributed by atoms with Gasteiger partial charge in [0.2, 0.25) is 5.91 Å². The third-order valence-corrected chi connectivity index (χ3v) is 5.29. The summed E-state index contributed by atoms with van der Waals surface area (Å²) in [6.45, 7) is 8.69. The standard InChI is InChI=1S/C24H28FN3OS/c1-16(14-24(2,3)4)12-22(29)26-20-7-5-6-17(13-20)21-15-30-23(28-21)27-19-10-8-18(25)9-11-19/h5-11,13,15-16H,12,14H2,1-4H3,(H,26,29)(H,27,28)/t16-/m1/s1. The van der Waals surface area contributed by atoms with Gasteiger partial charge < -0.3 is 10.6 Å². The number of amides is 1. The van der Waals surface area contributed by atoms with Crippen molar-refractivity contribution in [2.45, 2.75) is 40.5 Å². The molecule has 4 nitrogen and oxygen atoms in total. The van der Waals surface area contributed by atoms with Gasteiger partial charge in [0.15, 0.2) is 5.13 Å².